The number of hydrogen-bond donors (Lipinski definition) is 2. The van der Waals surface area contributed by atoms with Crippen LogP contribution in [0.25, 0.3) is 11.1 Å². The Morgan fingerprint density at radius 3 is 2.54 bits per heavy atom. The van der Waals surface area contributed by atoms with Gasteiger partial charge >= 0.3 is 5.97 Å². The van der Waals surface area contributed by atoms with Crippen LogP contribution in [-0.2, 0) is 4.79 Å². The summed E-state index contributed by atoms with van der Waals surface area (Å²) in [7, 11) is 0. The van der Waals surface area contributed by atoms with Crippen LogP contribution >= 0.6 is 0 Å². The molecule has 0 amide bonds. The van der Waals surface area contributed by atoms with Crippen LogP contribution in [0.4, 0.5) is 0 Å². The maximum Gasteiger partial charge on any atom is 0.311 e. The van der Waals surface area contributed by atoms with Gasteiger partial charge in [0.25, 0.3) is 0 Å². The number of benzene rings is 1. The van der Waals surface area contributed by atoms with E-state index in [-0.39, 0.29) is 18.2 Å². The number of aromatic nitrogens is 1. The molecule has 2 fully saturated rings. The Hall–Kier alpha value is -2.60. The third kappa shape index (κ3) is 3.97. The number of nitrogens with zero attached hydrogens (tertiary/aromatic N) is 1. The largest absolute Gasteiger partial charge is 0.491 e. The van der Waals surface area contributed by atoms with Crippen molar-refractivity contribution in [2.75, 3.05) is 0 Å². The van der Waals surface area contributed by atoms with Gasteiger partial charge in [0.2, 0.25) is 5.88 Å². The molecule has 6 nitrogen and oxygen atoms in total. The van der Waals surface area contributed by atoms with Crippen LogP contribution in [0.15, 0.2) is 42.6 Å². The van der Waals surface area contributed by atoms with E-state index >= 15 is 0 Å². The summed E-state index contributed by atoms with van der Waals surface area (Å²) in [6, 6.07) is 12.0. The van der Waals surface area contributed by atoms with Gasteiger partial charge in [-0.15, -0.1) is 0 Å². The fourth-order valence-corrected chi connectivity index (χ4v) is 4.23. The lowest BCUT2D eigenvalue weighted by Gasteiger charge is -2.34. The van der Waals surface area contributed by atoms with Crippen LogP contribution in [0.1, 0.15) is 33.1 Å². The van der Waals surface area contributed by atoms with Gasteiger partial charge in [-0.2, -0.15) is 0 Å². The molecule has 0 aliphatic carbocycles. The Bertz CT molecular complexity index is 819. The lowest BCUT2D eigenvalue weighted by Crippen LogP contribution is -2.53. The normalized spacial score (nSPS) is 26.2. The second kappa shape index (κ2) is 7.80. The number of nitrogens with one attached hydrogen (secondary N) is 1. The first-order valence-corrected chi connectivity index (χ1v) is 9.88. The van der Waals surface area contributed by atoms with Gasteiger partial charge in [-0.25, -0.2) is 4.98 Å². The van der Waals surface area contributed by atoms with Crippen LogP contribution in [0, 0.1) is 5.92 Å². The fraction of sp³-hybridized carbons (Fsp3) is 0.455. The van der Waals surface area contributed by atoms with Crippen molar-refractivity contribution in [1.29, 1.82) is 0 Å². The number of hydrogen-bond acceptors (Lipinski definition) is 5. The third-order valence-corrected chi connectivity index (χ3v) is 5.48. The number of ether oxygens (including phenoxy) is 2. The van der Waals surface area contributed by atoms with E-state index in [2.05, 4.69) is 10.3 Å². The maximum absolute atomic E-state index is 11.7. The molecular weight excluding hydrogens is 356 g/mol. The molecule has 1 aromatic carbocycles. The van der Waals surface area contributed by atoms with Crippen molar-refractivity contribution in [3.05, 3.63) is 42.6 Å². The lowest BCUT2D eigenvalue weighted by molar-refractivity contribution is -0.147. The van der Waals surface area contributed by atoms with Gasteiger partial charge in [0.1, 0.15) is 17.8 Å². The Balaban J connectivity index is 1.45. The molecule has 4 rings (SSSR count). The van der Waals surface area contributed by atoms with E-state index in [0.717, 1.165) is 29.7 Å². The molecule has 2 aliphatic rings. The molecule has 2 aromatic rings. The molecule has 3 heterocycles. The summed E-state index contributed by atoms with van der Waals surface area (Å²) in [4.78, 5) is 16.1. The van der Waals surface area contributed by atoms with Crippen molar-refractivity contribution >= 4 is 5.97 Å². The van der Waals surface area contributed by atoms with E-state index in [0.29, 0.717) is 18.3 Å². The highest BCUT2D eigenvalue weighted by Crippen LogP contribution is 2.34. The van der Waals surface area contributed by atoms with Crippen molar-refractivity contribution in [2.24, 2.45) is 5.92 Å². The predicted molar refractivity (Wildman–Crippen MR) is 106 cm³/mol. The zero-order valence-corrected chi connectivity index (χ0v) is 16.2. The molecule has 2 bridgehead atoms. The monoisotopic (exact) mass is 382 g/mol. The minimum absolute atomic E-state index is 0.00732. The van der Waals surface area contributed by atoms with Crippen LogP contribution in [-0.4, -0.2) is 40.4 Å². The Morgan fingerprint density at radius 2 is 1.89 bits per heavy atom. The average molecular weight is 382 g/mol. The zero-order valence-electron chi connectivity index (χ0n) is 16.2. The Morgan fingerprint density at radius 1 is 1.14 bits per heavy atom. The highest BCUT2D eigenvalue weighted by atomic mass is 16.5. The smallest absolute Gasteiger partial charge is 0.311 e. The molecule has 0 radical (unpaired) electrons. The molecule has 148 valence electrons. The molecule has 0 saturated carbocycles. The minimum Gasteiger partial charge on any atom is -0.491 e. The summed E-state index contributed by atoms with van der Waals surface area (Å²) in [5.41, 5.74) is 2.02. The SMILES string of the molecule is CC(C)Oc1ccc(-c2ccc(OC3CC4CCC(N4)C3C(=O)O)nc2)cc1. The zero-order chi connectivity index (χ0) is 19.7. The number of pyridine rings is 1. The summed E-state index contributed by atoms with van der Waals surface area (Å²) in [5.74, 6) is -0.0233. The van der Waals surface area contributed by atoms with Crippen molar-refractivity contribution in [3.8, 4) is 22.8 Å². The maximum atomic E-state index is 11.7. The number of fused-ring (bicyclic) bond motifs is 2. The summed E-state index contributed by atoms with van der Waals surface area (Å²) in [6.45, 7) is 4.00. The summed E-state index contributed by atoms with van der Waals surface area (Å²) in [6.07, 6.45) is 4.17. The van der Waals surface area contributed by atoms with Crippen molar-refractivity contribution < 1.29 is 19.4 Å². The molecule has 2 aliphatic heterocycles. The number of carboxylic acids is 1. The quantitative estimate of drug-likeness (QED) is 0.796. The van der Waals surface area contributed by atoms with Crippen molar-refractivity contribution in [2.45, 2.75) is 57.4 Å². The fourth-order valence-electron chi connectivity index (χ4n) is 4.23. The highest BCUT2D eigenvalue weighted by molar-refractivity contribution is 5.72. The topological polar surface area (TPSA) is 80.7 Å². The number of piperidine rings is 1. The van der Waals surface area contributed by atoms with E-state index in [1.54, 1.807) is 6.20 Å². The second-order valence-electron chi connectivity index (χ2n) is 7.88. The van der Waals surface area contributed by atoms with E-state index in [1.165, 1.54) is 0 Å². The number of carboxylic acid groups (broad SMARTS) is 1. The Labute approximate surface area is 164 Å². The first kappa shape index (κ1) is 18.7. The van der Waals surface area contributed by atoms with Crippen LogP contribution < -0.4 is 14.8 Å². The summed E-state index contributed by atoms with van der Waals surface area (Å²) < 4.78 is 11.7. The average Bonchev–Trinajstić information content (AvgIpc) is 3.03. The van der Waals surface area contributed by atoms with Gasteiger partial charge in [0.05, 0.1) is 6.10 Å². The van der Waals surface area contributed by atoms with Gasteiger partial charge in [0, 0.05) is 36.3 Å². The van der Waals surface area contributed by atoms with Crippen LogP contribution in [0.2, 0.25) is 0 Å². The first-order chi connectivity index (χ1) is 13.5. The molecule has 6 heteroatoms. The Kier molecular flexibility index (Phi) is 5.22. The highest BCUT2D eigenvalue weighted by Gasteiger charge is 2.46. The second-order valence-corrected chi connectivity index (χ2v) is 7.88. The molecule has 2 N–H and O–H groups in total. The van der Waals surface area contributed by atoms with Gasteiger partial charge in [-0.05, 0) is 50.5 Å². The van der Waals surface area contributed by atoms with Crippen molar-refractivity contribution in [3.63, 3.8) is 0 Å². The molecular formula is C22H26N2O4. The van der Waals surface area contributed by atoms with Gasteiger partial charge in [-0.3, -0.25) is 4.79 Å². The van der Waals surface area contributed by atoms with E-state index in [4.69, 9.17) is 9.47 Å². The molecule has 28 heavy (non-hydrogen) atoms. The standard InChI is InChI=1S/C22H26N2O4/c1-13(2)27-17-7-3-14(4-8-17)15-5-10-20(23-12-15)28-19-11-16-6-9-18(24-16)21(19)22(25)26/h3-5,7-8,10,12-13,16,18-19,21,24H,6,9,11H2,1-2H3,(H,25,26). The summed E-state index contributed by atoms with van der Waals surface area (Å²) in [5, 5.41) is 13.0. The van der Waals surface area contributed by atoms with Gasteiger partial charge in [-0.1, -0.05) is 12.1 Å². The molecule has 4 unspecified atom stereocenters. The van der Waals surface area contributed by atoms with Crippen LogP contribution in [0.3, 0.4) is 0 Å². The van der Waals surface area contributed by atoms with E-state index in [9.17, 15) is 9.90 Å². The van der Waals surface area contributed by atoms with E-state index < -0.39 is 11.9 Å². The van der Waals surface area contributed by atoms with Gasteiger partial charge in [0.15, 0.2) is 0 Å². The van der Waals surface area contributed by atoms with Gasteiger partial charge < -0.3 is 19.9 Å². The van der Waals surface area contributed by atoms with Crippen molar-refractivity contribution in [1.82, 2.24) is 10.3 Å². The number of aliphatic carboxylic acids is 1. The first-order valence-electron chi connectivity index (χ1n) is 9.88. The summed E-state index contributed by atoms with van der Waals surface area (Å²) >= 11 is 0. The molecule has 2 saturated heterocycles. The molecule has 0 spiro atoms. The third-order valence-electron chi connectivity index (χ3n) is 5.48. The molecule has 1 aromatic heterocycles. The predicted octanol–water partition coefficient (Wildman–Crippen LogP) is 3.51. The molecule has 4 atom stereocenters. The van der Waals surface area contributed by atoms with Crippen LogP contribution in [0.5, 0.6) is 11.6 Å². The minimum atomic E-state index is -0.803. The van der Waals surface area contributed by atoms with E-state index in [1.807, 2.05) is 50.2 Å². The number of carbonyl (C=O) groups is 1. The lowest BCUT2D eigenvalue weighted by atomic mass is 9.89. The number of rotatable bonds is 6.